The Labute approximate surface area is 244 Å². The second-order valence-electron chi connectivity index (χ2n) is 9.86. The number of halogens is 1. The van der Waals surface area contributed by atoms with E-state index in [9.17, 15) is 9.59 Å². The molecule has 9 heteroatoms. The molecule has 0 aliphatic carbocycles. The number of carbonyl (C=O) groups excluding carboxylic acids is 2. The number of hydrogen-bond acceptors (Lipinski definition) is 6. The number of pyridine rings is 1. The highest BCUT2D eigenvalue weighted by atomic mass is 35.5. The molecule has 4 aromatic rings. The maximum atomic E-state index is 13.4. The molecule has 0 bridgehead atoms. The fraction of sp³-hybridized carbons (Fsp3) is 0.219. The SMILES string of the molecule is COc1ccc(CC(NC(=O)c2cccc3c2OCCN3Cc2ccnc(Cc3ccc(Cl)cc3)c2)C(N)=O)cc1. The summed E-state index contributed by atoms with van der Waals surface area (Å²) in [6.07, 6.45) is 2.78. The van der Waals surface area contributed by atoms with E-state index in [-0.39, 0.29) is 6.42 Å². The van der Waals surface area contributed by atoms with E-state index in [4.69, 9.17) is 26.8 Å². The van der Waals surface area contributed by atoms with Gasteiger partial charge < -0.3 is 25.4 Å². The third-order valence-corrected chi connectivity index (χ3v) is 7.24. The molecule has 0 saturated heterocycles. The van der Waals surface area contributed by atoms with Gasteiger partial charge in [-0.3, -0.25) is 14.6 Å². The van der Waals surface area contributed by atoms with Gasteiger partial charge in [0.15, 0.2) is 5.75 Å². The molecule has 0 spiro atoms. The number of nitrogens with one attached hydrogen (secondary N) is 1. The van der Waals surface area contributed by atoms with E-state index in [0.717, 1.165) is 28.1 Å². The molecule has 8 nitrogen and oxygen atoms in total. The fourth-order valence-corrected chi connectivity index (χ4v) is 4.98. The number of anilines is 1. The largest absolute Gasteiger partial charge is 0.497 e. The van der Waals surface area contributed by atoms with Crippen LogP contribution < -0.4 is 25.4 Å². The van der Waals surface area contributed by atoms with E-state index >= 15 is 0 Å². The van der Waals surface area contributed by atoms with Crippen molar-refractivity contribution in [3.63, 3.8) is 0 Å². The number of primary amides is 1. The van der Waals surface area contributed by atoms with Crippen molar-refractivity contribution >= 4 is 29.1 Å². The summed E-state index contributed by atoms with van der Waals surface area (Å²) in [5.74, 6) is 0.152. The second-order valence-corrected chi connectivity index (χ2v) is 10.3. The predicted molar refractivity (Wildman–Crippen MR) is 159 cm³/mol. The summed E-state index contributed by atoms with van der Waals surface area (Å²) < 4.78 is 11.2. The lowest BCUT2D eigenvalue weighted by molar-refractivity contribution is -0.119. The van der Waals surface area contributed by atoms with Crippen LogP contribution in [0.1, 0.15) is 32.7 Å². The summed E-state index contributed by atoms with van der Waals surface area (Å²) in [4.78, 5) is 32.3. The van der Waals surface area contributed by atoms with Gasteiger partial charge in [-0.05, 0) is 65.2 Å². The Bertz CT molecular complexity index is 1530. The van der Waals surface area contributed by atoms with Crippen molar-refractivity contribution in [2.45, 2.75) is 25.4 Å². The lowest BCUT2D eigenvalue weighted by atomic mass is 10.0. The normalized spacial score (nSPS) is 13.1. The average Bonchev–Trinajstić information content (AvgIpc) is 2.98. The Morgan fingerprint density at radius 2 is 1.80 bits per heavy atom. The zero-order valence-corrected chi connectivity index (χ0v) is 23.4. The number of carbonyl (C=O) groups is 2. The van der Waals surface area contributed by atoms with Crippen LogP contribution in [0.15, 0.2) is 85.1 Å². The standard InChI is InChI=1S/C32H31ClN4O4/c1-40-26-11-7-22(8-12-26)19-28(31(34)38)36-32(39)27-3-2-4-29-30(27)41-16-15-37(29)20-23-13-14-35-25(18-23)17-21-5-9-24(33)10-6-21/h2-14,18,28H,15-17,19-20H2,1H3,(H2,34,38)(H,36,39). The van der Waals surface area contributed by atoms with Crippen molar-refractivity contribution in [1.82, 2.24) is 10.3 Å². The van der Waals surface area contributed by atoms with E-state index in [2.05, 4.69) is 21.3 Å². The first kappa shape index (κ1) is 28.0. The quantitative estimate of drug-likeness (QED) is 0.289. The molecule has 1 aliphatic rings. The van der Waals surface area contributed by atoms with Crippen molar-refractivity contribution in [3.05, 3.63) is 118 Å². The van der Waals surface area contributed by atoms with Gasteiger partial charge in [-0.1, -0.05) is 41.9 Å². The minimum atomic E-state index is -0.887. The van der Waals surface area contributed by atoms with Gasteiger partial charge in [-0.15, -0.1) is 0 Å². The molecule has 3 aromatic carbocycles. The molecule has 210 valence electrons. The van der Waals surface area contributed by atoms with Crippen LogP contribution in [-0.4, -0.2) is 43.1 Å². The van der Waals surface area contributed by atoms with Crippen molar-refractivity contribution in [1.29, 1.82) is 0 Å². The van der Waals surface area contributed by atoms with Gasteiger partial charge in [-0.25, -0.2) is 0 Å². The number of amides is 2. The Hall–Kier alpha value is -4.56. The van der Waals surface area contributed by atoms with Crippen molar-refractivity contribution in [2.24, 2.45) is 5.73 Å². The fourth-order valence-electron chi connectivity index (χ4n) is 4.86. The van der Waals surface area contributed by atoms with Gasteiger partial charge in [-0.2, -0.15) is 0 Å². The lowest BCUT2D eigenvalue weighted by Crippen LogP contribution is -2.46. The average molecular weight is 571 g/mol. The van der Waals surface area contributed by atoms with E-state index in [1.165, 1.54) is 0 Å². The Balaban J connectivity index is 1.30. The molecule has 2 heterocycles. The van der Waals surface area contributed by atoms with Crippen molar-refractivity contribution in [2.75, 3.05) is 25.2 Å². The molecule has 1 aliphatic heterocycles. The zero-order chi connectivity index (χ0) is 28.8. The highest BCUT2D eigenvalue weighted by molar-refractivity contribution is 6.30. The topological polar surface area (TPSA) is 107 Å². The third-order valence-electron chi connectivity index (χ3n) is 6.99. The van der Waals surface area contributed by atoms with Gasteiger partial charge in [0, 0.05) is 36.3 Å². The van der Waals surface area contributed by atoms with E-state index < -0.39 is 17.9 Å². The van der Waals surface area contributed by atoms with E-state index in [0.29, 0.717) is 48.2 Å². The highest BCUT2D eigenvalue weighted by Gasteiger charge is 2.27. The molecule has 0 saturated carbocycles. The number of ether oxygens (including phenoxy) is 2. The monoisotopic (exact) mass is 570 g/mol. The number of nitrogens with zero attached hydrogens (tertiary/aromatic N) is 2. The summed E-state index contributed by atoms with van der Waals surface area (Å²) in [6.45, 7) is 1.71. The van der Waals surface area contributed by atoms with Gasteiger partial charge in [0.25, 0.3) is 5.91 Å². The zero-order valence-electron chi connectivity index (χ0n) is 22.7. The third kappa shape index (κ3) is 6.96. The van der Waals surface area contributed by atoms with Crippen LogP contribution in [0, 0.1) is 0 Å². The molecular weight excluding hydrogens is 540 g/mol. The van der Waals surface area contributed by atoms with Gasteiger partial charge in [0.05, 0.1) is 24.9 Å². The molecule has 5 rings (SSSR count). The molecule has 0 radical (unpaired) electrons. The lowest BCUT2D eigenvalue weighted by Gasteiger charge is -2.32. The van der Waals surface area contributed by atoms with Crippen LogP contribution in [0.2, 0.25) is 5.02 Å². The number of fused-ring (bicyclic) bond motifs is 1. The van der Waals surface area contributed by atoms with Gasteiger partial charge in [0.2, 0.25) is 5.91 Å². The molecular formula is C32H31ClN4O4. The number of rotatable bonds is 10. The Kier molecular flexibility index (Phi) is 8.70. The maximum Gasteiger partial charge on any atom is 0.255 e. The molecule has 1 atom stereocenters. The molecule has 0 fully saturated rings. The minimum absolute atomic E-state index is 0.257. The van der Waals surface area contributed by atoms with Crippen LogP contribution in [0.4, 0.5) is 5.69 Å². The van der Waals surface area contributed by atoms with Crippen LogP contribution in [0.25, 0.3) is 0 Å². The van der Waals surface area contributed by atoms with Crippen molar-refractivity contribution in [3.8, 4) is 11.5 Å². The number of benzene rings is 3. The molecule has 1 aromatic heterocycles. The van der Waals surface area contributed by atoms with Crippen LogP contribution in [0.5, 0.6) is 11.5 Å². The first-order valence-electron chi connectivity index (χ1n) is 13.3. The Morgan fingerprint density at radius 3 is 2.54 bits per heavy atom. The van der Waals surface area contributed by atoms with Crippen molar-refractivity contribution < 1.29 is 19.1 Å². The minimum Gasteiger partial charge on any atom is -0.497 e. The number of para-hydroxylation sites is 1. The maximum absolute atomic E-state index is 13.4. The van der Waals surface area contributed by atoms with E-state index in [1.807, 2.05) is 60.8 Å². The highest BCUT2D eigenvalue weighted by Crippen LogP contribution is 2.36. The predicted octanol–water partition coefficient (Wildman–Crippen LogP) is 4.56. The van der Waals surface area contributed by atoms with Crippen LogP contribution in [-0.2, 0) is 24.2 Å². The summed E-state index contributed by atoms with van der Waals surface area (Å²) >= 11 is 6.02. The number of hydrogen-bond donors (Lipinski definition) is 2. The molecule has 3 N–H and O–H groups in total. The van der Waals surface area contributed by atoms with Gasteiger partial charge >= 0.3 is 0 Å². The molecule has 2 amide bonds. The molecule has 1 unspecified atom stereocenters. The summed E-state index contributed by atoms with van der Waals surface area (Å²) in [7, 11) is 1.59. The Morgan fingerprint density at radius 1 is 1.05 bits per heavy atom. The summed E-state index contributed by atoms with van der Waals surface area (Å²) in [5, 5.41) is 3.50. The summed E-state index contributed by atoms with van der Waals surface area (Å²) in [5.41, 5.74) is 10.9. The smallest absolute Gasteiger partial charge is 0.255 e. The first-order valence-corrected chi connectivity index (χ1v) is 13.7. The first-order chi connectivity index (χ1) is 19.9. The number of nitrogens with two attached hydrogens (primary N) is 1. The second kappa shape index (κ2) is 12.7. The van der Waals surface area contributed by atoms with E-state index in [1.54, 1.807) is 25.3 Å². The van der Waals surface area contributed by atoms with Gasteiger partial charge in [0.1, 0.15) is 18.4 Å². The summed E-state index contributed by atoms with van der Waals surface area (Å²) in [6, 6.07) is 23.7. The number of aromatic nitrogens is 1. The van der Waals surface area contributed by atoms with Crippen LogP contribution >= 0.6 is 11.6 Å². The number of methoxy groups -OCH3 is 1. The van der Waals surface area contributed by atoms with Crippen LogP contribution in [0.3, 0.4) is 0 Å². The molecule has 41 heavy (non-hydrogen) atoms.